The molecule has 0 bridgehead atoms. The van der Waals surface area contributed by atoms with Crippen molar-refractivity contribution in [2.45, 2.75) is 19.4 Å². The average molecular weight is 158 g/mol. The summed E-state index contributed by atoms with van der Waals surface area (Å²) in [6.45, 7) is 4.69. The summed E-state index contributed by atoms with van der Waals surface area (Å²) >= 11 is 0. The van der Waals surface area contributed by atoms with Crippen LogP contribution in [-0.2, 0) is 14.3 Å². The third kappa shape index (κ3) is 3.52. The normalized spacial score (nSPS) is 11.8. The van der Waals surface area contributed by atoms with Gasteiger partial charge in [0, 0.05) is 6.08 Å². The predicted molar refractivity (Wildman–Crippen MR) is 37.6 cm³/mol. The molecule has 0 saturated heterocycles. The van der Waals surface area contributed by atoms with Gasteiger partial charge in [0.2, 0.25) is 0 Å². The molecule has 0 aromatic carbocycles. The molecule has 0 saturated carbocycles. The second-order valence-corrected chi connectivity index (χ2v) is 1.87. The van der Waals surface area contributed by atoms with Crippen LogP contribution in [0, 0.1) is 0 Å². The van der Waals surface area contributed by atoms with Gasteiger partial charge in [-0.15, -0.1) is 0 Å². The lowest BCUT2D eigenvalue weighted by Crippen LogP contribution is -2.24. The van der Waals surface area contributed by atoms with Crippen LogP contribution >= 0.6 is 0 Å². The van der Waals surface area contributed by atoms with E-state index in [0.29, 0.717) is 0 Å². The quantitative estimate of drug-likeness (QED) is 0.357. The van der Waals surface area contributed by atoms with Crippen molar-refractivity contribution < 1.29 is 19.4 Å². The Bertz CT molecular complexity index is 173. The summed E-state index contributed by atoms with van der Waals surface area (Å²) in [5, 5.41) is 8.81. The first kappa shape index (κ1) is 9.84. The van der Waals surface area contributed by atoms with Gasteiger partial charge in [-0.1, -0.05) is 13.5 Å². The maximum Gasteiger partial charge on any atom is 0.342 e. The van der Waals surface area contributed by atoms with E-state index in [4.69, 9.17) is 5.11 Å². The lowest BCUT2D eigenvalue weighted by molar-refractivity contribution is -0.162. The van der Waals surface area contributed by atoms with Gasteiger partial charge in [-0.2, -0.15) is 0 Å². The summed E-state index contributed by atoms with van der Waals surface area (Å²) in [5.41, 5.74) is 0. The molecule has 0 aromatic heterocycles. The van der Waals surface area contributed by atoms with E-state index in [1.165, 1.54) is 0 Å². The van der Waals surface area contributed by atoms with E-state index in [0.717, 1.165) is 6.08 Å². The molecule has 11 heavy (non-hydrogen) atoms. The predicted octanol–water partition coefficient (Wildman–Crippen LogP) is 0.0131. The van der Waals surface area contributed by atoms with Crippen LogP contribution in [0.4, 0.5) is 0 Å². The highest BCUT2D eigenvalue weighted by molar-refractivity contribution is 5.93. The molecular weight excluding hydrogens is 148 g/mol. The number of esters is 2. The molecule has 0 spiro atoms. The fourth-order valence-corrected chi connectivity index (χ4v) is 0.375. The highest BCUT2D eigenvalue weighted by Crippen LogP contribution is 1.94. The minimum absolute atomic E-state index is 0.225. The van der Waals surface area contributed by atoms with Crippen molar-refractivity contribution in [1.29, 1.82) is 0 Å². The van der Waals surface area contributed by atoms with Gasteiger partial charge < -0.3 is 9.84 Å². The van der Waals surface area contributed by atoms with Crippen LogP contribution < -0.4 is 0 Å². The highest BCUT2D eigenvalue weighted by atomic mass is 16.6. The topological polar surface area (TPSA) is 63.6 Å². The van der Waals surface area contributed by atoms with Crippen LogP contribution in [0.5, 0.6) is 0 Å². The molecule has 0 aliphatic carbocycles. The van der Waals surface area contributed by atoms with Gasteiger partial charge in [0.05, 0.1) is 0 Å². The Morgan fingerprint density at radius 1 is 1.73 bits per heavy atom. The van der Waals surface area contributed by atoms with Gasteiger partial charge in [0.15, 0.2) is 6.10 Å². The second-order valence-electron chi connectivity index (χ2n) is 1.87. The maximum atomic E-state index is 10.6. The van der Waals surface area contributed by atoms with E-state index in [1.807, 2.05) is 0 Å². The first-order valence-corrected chi connectivity index (χ1v) is 3.18. The molecular formula is C7H10O4. The fraction of sp³-hybridized carbons (Fsp3) is 0.429. The molecule has 0 heterocycles. The first-order chi connectivity index (χ1) is 5.11. The molecule has 4 heteroatoms. The summed E-state index contributed by atoms with van der Waals surface area (Å²) in [7, 11) is 0. The van der Waals surface area contributed by atoms with Crippen LogP contribution in [0.3, 0.4) is 0 Å². The van der Waals surface area contributed by atoms with E-state index in [2.05, 4.69) is 11.3 Å². The number of aliphatic hydroxyl groups is 1. The Labute approximate surface area is 64.5 Å². The summed E-state index contributed by atoms with van der Waals surface area (Å²) in [6, 6.07) is 0. The van der Waals surface area contributed by atoms with Crippen molar-refractivity contribution in [2.75, 3.05) is 0 Å². The zero-order valence-corrected chi connectivity index (χ0v) is 6.24. The number of hydrogen-bond donors (Lipinski definition) is 1. The van der Waals surface area contributed by atoms with Gasteiger partial charge in [-0.25, -0.2) is 9.59 Å². The summed E-state index contributed by atoms with van der Waals surface area (Å²) < 4.78 is 4.11. The minimum atomic E-state index is -1.22. The third-order valence-corrected chi connectivity index (χ3v) is 1.03. The monoisotopic (exact) mass is 158 g/mol. The van der Waals surface area contributed by atoms with E-state index in [9.17, 15) is 9.59 Å². The van der Waals surface area contributed by atoms with Crippen LogP contribution in [0.2, 0.25) is 0 Å². The average Bonchev–Trinajstić information content (AvgIpc) is 2.02. The number of aliphatic hydroxyl groups excluding tert-OH is 1. The van der Waals surface area contributed by atoms with Crippen LogP contribution in [0.1, 0.15) is 13.3 Å². The number of hydrogen-bond acceptors (Lipinski definition) is 4. The molecule has 1 unspecified atom stereocenters. The number of rotatable bonds is 3. The van der Waals surface area contributed by atoms with Gasteiger partial charge in [0.1, 0.15) is 0 Å². The van der Waals surface area contributed by atoms with E-state index in [-0.39, 0.29) is 6.42 Å². The standard InChI is InChI=1S/C7H10O4/c1-3-5(8)7(10)11-6(9)4-2/h4-5,8H,2-3H2,1H3. The van der Waals surface area contributed by atoms with Crippen molar-refractivity contribution in [1.82, 2.24) is 0 Å². The molecule has 1 N–H and O–H groups in total. The second kappa shape index (κ2) is 4.62. The van der Waals surface area contributed by atoms with Gasteiger partial charge >= 0.3 is 11.9 Å². The van der Waals surface area contributed by atoms with Gasteiger partial charge in [0.25, 0.3) is 0 Å². The van der Waals surface area contributed by atoms with Crippen LogP contribution in [0.15, 0.2) is 12.7 Å². The number of carbonyl (C=O) groups is 2. The molecule has 0 aliphatic heterocycles. The molecule has 4 nitrogen and oxygen atoms in total. The van der Waals surface area contributed by atoms with E-state index >= 15 is 0 Å². The van der Waals surface area contributed by atoms with Crippen molar-refractivity contribution in [2.24, 2.45) is 0 Å². The zero-order chi connectivity index (χ0) is 8.85. The molecule has 62 valence electrons. The number of carbonyl (C=O) groups excluding carboxylic acids is 2. The lowest BCUT2D eigenvalue weighted by atomic mass is 10.3. The fourth-order valence-electron chi connectivity index (χ4n) is 0.375. The minimum Gasteiger partial charge on any atom is -0.388 e. The number of ether oxygens (including phenoxy) is 1. The highest BCUT2D eigenvalue weighted by Gasteiger charge is 2.15. The Balaban J connectivity index is 3.86. The smallest absolute Gasteiger partial charge is 0.342 e. The summed E-state index contributed by atoms with van der Waals surface area (Å²) in [4.78, 5) is 21.0. The molecule has 0 rings (SSSR count). The summed E-state index contributed by atoms with van der Waals surface area (Å²) in [6.07, 6.45) is -0.136. The maximum absolute atomic E-state index is 10.6. The Morgan fingerprint density at radius 3 is 2.64 bits per heavy atom. The molecule has 0 amide bonds. The van der Waals surface area contributed by atoms with Crippen molar-refractivity contribution >= 4 is 11.9 Å². The van der Waals surface area contributed by atoms with Crippen molar-refractivity contribution in [3.05, 3.63) is 12.7 Å². The SMILES string of the molecule is C=CC(=O)OC(=O)C(O)CC. The molecule has 1 atom stereocenters. The van der Waals surface area contributed by atoms with E-state index in [1.54, 1.807) is 6.92 Å². The lowest BCUT2D eigenvalue weighted by Gasteiger charge is -2.03. The molecule has 0 radical (unpaired) electrons. The Hall–Kier alpha value is -1.16. The third-order valence-electron chi connectivity index (χ3n) is 1.03. The van der Waals surface area contributed by atoms with Gasteiger partial charge in [-0.05, 0) is 6.42 Å². The molecule has 0 aromatic rings. The largest absolute Gasteiger partial charge is 0.388 e. The van der Waals surface area contributed by atoms with Crippen molar-refractivity contribution in [3.8, 4) is 0 Å². The molecule has 0 aliphatic rings. The zero-order valence-electron chi connectivity index (χ0n) is 6.24. The van der Waals surface area contributed by atoms with E-state index < -0.39 is 18.0 Å². The Kier molecular flexibility index (Phi) is 4.14. The first-order valence-electron chi connectivity index (χ1n) is 3.18. The Morgan fingerprint density at radius 2 is 2.27 bits per heavy atom. The van der Waals surface area contributed by atoms with Crippen LogP contribution in [0.25, 0.3) is 0 Å². The van der Waals surface area contributed by atoms with Gasteiger partial charge in [-0.3, -0.25) is 0 Å². The summed E-state index contributed by atoms with van der Waals surface area (Å²) in [5.74, 6) is -1.78. The van der Waals surface area contributed by atoms with Crippen molar-refractivity contribution in [3.63, 3.8) is 0 Å². The van der Waals surface area contributed by atoms with Crippen LogP contribution in [-0.4, -0.2) is 23.1 Å². The molecule has 0 fully saturated rings.